The van der Waals surface area contributed by atoms with Gasteiger partial charge >= 0.3 is 0 Å². The van der Waals surface area contributed by atoms with Gasteiger partial charge in [-0.1, -0.05) is 44.2 Å². The highest BCUT2D eigenvalue weighted by Gasteiger charge is 2.10. The first-order valence-corrected chi connectivity index (χ1v) is 6.47. The molecule has 2 nitrogen and oxygen atoms in total. The fourth-order valence-electron chi connectivity index (χ4n) is 2.19. The molecule has 2 aromatic rings. The highest BCUT2D eigenvalue weighted by Crippen LogP contribution is 2.26. The number of aromatic nitrogens is 1. The molecule has 1 aromatic heterocycles. The Morgan fingerprint density at radius 3 is 2.44 bits per heavy atom. The highest BCUT2D eigenvalue weighted by molar-refractivity contribution is 5.63. The van der Waals surface area contributed by atoms with E-state index >= 15 is 0 Å². The molecule has 0 unspecified atom stereocenters. The van der Waals surface area contributed by atoms with Crippen molar-refractivity contribution in [2.24, 2.45) is 0 Å². The second kappa shape index (κ2) is 5.87. The van der Waals surface area contributed by atoms with Gasteiger partial charge in [0.05, 0.1) is 6.61 Å². The van der Waals surface area contributed by atoms with Crippen LogP contribution in [-0.2, 0) is 11.3 Å². The van der Waals surface area contributed by atoms with E-state index in [1.165, 1.54) is 16.8 Å². The van der Waals surface area contributed by atoms with Gasteiger partial charge in [0.25, 0.3) is 0 Å². The average molecular weight is 243 g/mol. The summed E-state index contributed by atoms with van der Waals surface area (Å²) >= 11 is 0. The summed E-state index contributed by atoms with van der Waals surface area (Å²) < 4.78 is 7.48. The molecule has 2 heteroatoms. The molecule has 0 saturated carbocycles. The molecule has 0 radical (unpaired) electrons. The van der Waals surface area contributed by atoms with Crippen LogP contribution in [0.3, 0.4) is 0 Å². The van der Waals surface area contributed by atoms with Crippen LogP contribution in [0.4, 0.5) is 0 Å². The van der Waals surface area contributed by atoms with Crippen molar-refractivity contribution in [3.8, 4) is 11.1 Å². The first kappa shape index (κ1) is 12.9. The minimum atomic E-state index is 0.527. The minimum absolute atomic E-state index is 0.527. The Bertz CT molecular complexity index is 485. The van der Waals surface area contributed by atoms with Crippen LogP contribution in [0.25, 0.3) is 11.1 Å². The number of ether oxygens (including phenoxy) is 1. The largest absolute Gasteiger partial charge is 0.383 e. The van der Waals surface area contributed by atoms with Crippen molar-refractivity contribution < 1.29 is 4.74 Å². The van der Waals surface area contributed by atoms with Crippen LogP contribution in [-0.4, -0.2) is 18.3 Å². The Balaban J connectivity index is 2.33. The van der Waals surface area contributed by atoms with Gasteiger partial charge in [-0.05, 0) is 23.1 Å². The van der Waals surface area contributed by atoms with Crippen molar-refractivity contribution in [3.63, 3.8) is 0 Å². The third-order valence-electron chi connectivity index (χ3n) is 3.16. The molecule has 0 spiro atoms. The lowest BCUT2D eigenvalue weighted by Crippen LogP contribution is -2.07. The van der Waals surface area contributed by atoms with Gasteiger partial charge in [-0.15, -0.1) is 0 Å². The average Bonchev–Trinajstić information content (AvgIpc) is 2.81. The van der Waals surface area contributed by atoms with E-state index in [0.29, 0.717) is 5.92 Å². The Morgan fingerprint density at radius 1 is 1.11 bits per heavy atom. The van der Waals surface area contributed by atoms with E-state index in [1.54, 1.807) is 7.11 Å². The van der Waals surface area contributed by atoms with E-state index in [4.69, 9.17) is 4.74 Å². The summed E-state index contributed by atoms with van der Waals surface area (Å²) in [5.74, 6) is 0.527. The van der Waals surface area contributed by atoms with Crippen molar-refractivity contribution >= 4 is 0 Å². The zero-order chi connectivity index (χ0) is 13.0. The molecular weight excluding hydrogens is 222 g/mol. The van der Waals surface area contributed by atoms with Crippen molar-refractivity contribution in [1.82, 2.24) is 4.57 Å². The van der Waals surface area contributed by atoms with Crippen LogP contribution in [0.5, 0.6) is 0 Å². The number of nitrogens with zero attached hydrogens (tertiary/aromatic N) is 1. The highest BCUT2D eigenvalue weighted by atomic mass is 16.5. The molecule has 0 aliphatic carbocycles. The van der Waals surface area contributed by atoms with Crippen molar-refractivity contribution in [2.75, 3.05) is 13.7 Å². The molecule has 0 amide bonds. The Morgan fingerprint density at radius 2 is 1.83 bits per heavy atom. The molecule has 0 atom stereocenters. The Hall–Kier alpha value is -1.54. The van der Waals surface area contributed by atoms with Gasteiger partial charge in [0, 0.05) is 25.5 Å². The standard InChI is InChI=1S/C16H21NO/c1-13(2)16-11-15(12-17(16)9-10-18-3)14-7-5-4-6-8-14/h4-8,11-13H,9-10H2,1-3H3. The summed E-state index contributed by atoms with van der Waals surface area (Å²) in [6, 6.07) is 12.8. The predicted octanol–water partition coefficient (Wildman–Crippen LogP) is 3.92. The lowest BCUT2D eigenvalue weighted by molar-refractivity contribution is 0.186. The van der Waals surface area contributed by atoms with Crippen LogP contribution in [0.15, 0.2) is 42.6 Å². The monoisotopic (exact) mass is 243 g/mol. The summed E-state index contributed by atoms with van der Waals surface area (Å²) in [7, 11) is 1.75. The molecule has 0 aliphatic heterocycles. The quantitative estimate of drug-likeness (QED) is 0.776. The van der Waals surface area contributed by atoms with Crippen LogP contribution >= 0.6 is 0 Å². The normalized spacial score (nSPS) is 11.1. The predicted molar refractivity (Wildman–Crippen MR) is 75.8 cm³/mol. The summed E-state index contributed by atoms with van der Waals surface area (Å²) in [5.41, 5.74) is 3.93. The van der Waals surface area contributed by atoms with E-state index in [9.17, 15) is 0 Å². The van der Waals surface area contributed by atoms with Gasteiger partial charge in [0.2, 0.25) is 0 Å². The van der Waals surface area contributed by atoms with Gasteiger partial charge in [0.15, 0.2) is 0 Å². The summed E-state index contributed by atoms with van der Waals surface area (Å²) in [4.78, 5) is 0. The maximum atomic E-state index is 5.17. The zero-order valence-corrected chi connectivity index (χ0v) is 11.4. The summed E-state index contributed by atoms with van der Waals surface area (Å²) in [6.07, 6.45) is 2.23. The molecule has 96 valence electrons. The number of benzene rings is 1. The van der Waals surface area contributed by atoms with Crippen LogP contribution in [0.1, 0.15) is 25.5 Å². The van der Waals surface area contributed by atoms with Crippen LogP contribution in [0, 0.1) is 0 Å². The van der Waals surface area contributed by atoms with Gasteiger partial charge in [-0.3, -0.25) is 0 Å². The van der Waals surface area contributed by atoms with Crippen molar-refractivity contribution in [1.29, 1.82) is 0 Å². The number of rotatable bonds is 5. The van der Waals surface area contributed by atoms with E-state index in [1.807, 2.05) is 0 Å². The topological polar surface area (TPSA) is 14.2 Å². The second-order valence-electron chi connectivity index (χ2n) is 4.86. The molecular formula is C16H21NO. The molecule has 18 heavy (non-hydrogen) atoms. The molecule has 1 heterocycles. The fraction of sp³-hybridized carbons (Fsp3) is 0.375. The Kier molecular flexibility index (Phi) is 4.21. The van der Waals surface area contributed by atoms with Crippen LogP contribution in [0.2, 0.25) is 0 Å². The Labute approximate surface area is 109 Å². The maximum absolute atomic E-state index is 5.17. The van der Waals surface area contributed by atoms with E-state index in [-0.39, 0.29) is 0 Å². The summed E-state index contributed by atoms with van der Waals surface area (Å²) in [5, 5.41) is 0. The van der Waals surface area contributed by atoms with E-state index in [0.717, 1.165) is 13.2 Å². The second-order valence-corrected chi connectivity index (χ2v) is 4.86. The third kappa shape index (κ3) is 2.82. The zero-order valence-electron chi connectivity index (χ0n) is 11.4. The number of methoxy groups -OCH3 is 1. The molecule has 0 saturated heterocycles. The molecule has 0 bridgehead atoms. The SMILES string of the molecule is COCCn1cc(-c2ccccc2)cc1C(C)C. The van der Waals surface area contributed by atoms with E-state index < -0.39 is 0 Å². The fourth-order valence-corrected chi connectivity index (χ4v) is 2.19. The maximum Gasteiger partial charge on any atom is 0.0641 e. The molecule has 0 aliphatic rings. The first-order chi connectivity index (χ1) is 8.72. The van der Waals surface area contributed by atoms with Crippen molar-refractivity contribution in [2.45, 2.75) is 26.3 Å². The third-order valence-corrected chi connectivity index (χ3v) is 3.16. The van der Waals surface area contributed by atoms with Crippen LogP contribution < -0.4 is 0 Å². The smallest absolute Gasteiger partial charge is 0.0641 e. The lowest BCUT2D eigenvalue weighted by Gasteiger charge is -2.10. The van der Waals surface area contributed by atoms with Gasteiger partial charge in [0.1, 0.15) is 0 Å². The van der Waals surface area contributed by atoms with Gasteiger partial charge in [-0.2, -0.15) is 0 Å². The minimum Gasteiger partial charge on any atom is -0.383 e. The van der Waals surface area contributed by atoms with E-state index in [2.05, 4.69) is 61.0 Å². The lowest BCUT2D eigenvalue weighted by atomic mass is 10.1. The van der Waals surface area contributed by atoms with Gasteiger partial charge in [-0.25, -0.2) is 0 Å². The molecule has 2 rings (SSSR count). The van der Waals surface area contributed by atoms with Crippen molar-refractivity contribution in [3.05, 3.63) is 48.3 Å². The number of hydrogen-bond donors (Lipinski definition) is 0. The molecule has 0 N–H and O–H groups in total. The summed E-state index contributed by atoms with van der Waals surface area (Å²) in [6.45, 7) is 6.13. The molecule has 1 aromatic carbocycles. The van der Waals surface area contributed by atoms with Gasteiger partial charge < -0.3 is 9.30 Å². The number of hydrogen-bond acceptors (Lipinski definition) is 1. The first-order valence-electron chi connectivity index (χ1n) is 6.47. The molecule has 0 fully saturated rings.